The lowest BCUT2D eigenvalue weighted by molar-refractivity contribution is 0.556. The SMILES string of the molecule is CNC(C)CNS(=O)(=O)c1ccc(Cl)s1.Cl. The van der Waals surface area contributed by atoms with Crippen molar-refractivity contribution in [2.45, 2.75) is 17.2 Å². The summed E-state index contributed by atoms with van der Waals surface area (Å²) in [5, 5.41) is 2.94. The monoisotopic (exact) mass is 304 g/mol. The van der Waals surface area contributed by atoms with Gasteiger partial charge in [-0.05, 0) is 26.1 Å². The van der Waals surface area contributed by atoms with Gasteiger partial charge in [-0.2, -0.15) is 0 Å². The second-order valence-electron chi connectivity index (χ2n) is 3.10. The van der Waals surface area contributed by atoms with Crippen molar-refractivity contribution in [1.82, 2.24) is 10.0 Å². The highest BCUT2D eigenvalue weighted by molar-refractivity contribution is 7.91. The summed E-state index contributed by atoms with van der Waals surface area (Å²) in [5.74, 6) is 0. The Morgan fingerprint density at radius 2 is 2.12 bits per heavy atom. The molecule has 1 unspecified atom stereocenters. The van der Waals surface area contributed by atoms with E-state index in [9.17, 15) is 8.42 Å². The Morgan fingerprint density at radius 3 is 2.56 bits per heavy atom. The summed E-state index contributed by atoms with van der Waals surface area (Å²) in [6.45, 7) is 2.25. The van der Waals surface area contributed by atoms with Crippen molar-refractivity contribution < 1.29 is 8.42 Å². The van der Waals surface area contributed by atoms with Crippen LogP contribution in [0.5, 0.6) is 0 Å². The van der Waals surface area contributed by atoms with Crippen LogP contribution in [0.25, 0.3) is 0 Å². The standard InChI is InChI=1S/C8H13ClN2O2S2.ClH/c1-6(10-2)5-11-15(12,13)8-4-3-7(9)14-8;/h3-4,6,10-11H,5H2,1-2H3;1H. The quantitative estimate of drug-likeness (QED) is 0.871. The Labute approximate surface area is 111 Å². The van der Waals surface area contributed by atoms with Gasteiger partial charge in [0.25, 0.3) is 0 Å². The molecule has 0 fully saturated rings. The number of rotatable bonds is 5. The van der Waals surface area contributed by atoms with Crippen LogP contribution in [-0.4, -0.2) is 28.1 Å². The van der Waals surface area contributed by atoms with Crippen LogP contribution in [0.3, 0.4) is 0 Å². The molecule has 0 saturated carbocycles. The normalized spacial score (nSPS) is 13.2. The molecule has 0 aliphatic rings. The van der Waals surface area contributed by atoms with Crippen LogP contribution in [0, 0.1) is 0 Å². The Hall–Kier alpha value is 0.150. The fourth-order valence-corrected chi connectivity index (χ4v) is 3.51. The zero-order valence-corrected chi connectivity index (χ0v) is 12.1. The van der Waals surface area contributed by atoms with Crippen molar-refractivity contribution in [2.75, 3.05) is 13.6 Å². The van der Waals surface area contributed by atoms with Crippen LogP contribution in [0.1, 0.15) is 6.92 Å². The molecule has 0 radical (unpaired) electrons. The highest BCUT2D eigenvalue weighted by Gasteiger charge is 2.16. The molecule has 16 heavy (non-hydrogen) atoms. The predicted octanol–water partition coefficient (Wildman–Crippen LogP) is 1.71. The van der Waals surface area contributed by atoms with Gasteiger partial charge in [-0.1, -0.05) is 11.6 Å². The van der Waals surface area contributed by atoms with Crippen molar-refractivity contribution in [3.63, 3.8) is 0 Å². The van der Waals surface area contributed by atoms with Gasteiger partial charge in [0, 0.05) is 12.6 Å². The molecular formula is C8H14Cl2N2O2S2. The van der Waals surface area contributed by atoms with Gasteiger partial charge in [0.2, 0.25) is 10.0 Å². The number of sulfonamides is 1. The van der Waals surface area contributed by atoms with E-state index in [0.717, 1.165) is 11.3 Å². The number of nitrogens with one attached hydrogen (secondary N) is 2. The maximum absolute atomic E-state index is 11.7. The van der Waals surface area contributed by atoms with Gasteiger partial charge >= 0.3 is 0 Å². The minimum absolute atomic E-state index is 0. The predicted molar refractivity (Wildman–Crippen MR) is 70.3 cm³/mol. The molecule has 0 saturated heterocycles. The summed E-state index contributed by atoms with van der Waals surface area (Å²) in [7, 11) is -1.62. The maximum atomic E-state index is 11.7. The van der Waals surface area contributed by atoms with E-state index in [1.165, 1.54) is 6.07 Å². The molecule has 1 aromatic rings. The van der Waals surface area contributed by atoms with Crippen LogP contribution in [0.2, 0.25) is 4.34 Å². The summed E-state index contributed by atoms with van der Waals surface area (Å²) in [6.07, 6.45) is 0. The fraction of sp³-hybridized carbons (Fsp3) is 0.500. The first kappa shape index (κ1) is 16.1. The molecule has 94 valence electrons. The average Bonchev–Trinajstić information content (AvgIpc) is 2.62. The van der Waals surface area contributed by atoms with E-state index in [1.807, 2.05) is 6.92 Å². The molecule has 2 N–H and O–H groups in total. The Morgan fingerprint density at radius 1 is 1.50 bits per heavy atom. The van der Waals surface area contributed by atoms with E-state index in [2.05, 4.69) is 10.0 Å². The van der Waals surface area contributed by atoms with E-state index in [1.54, 1.807) is 13.1 Å². The van der Waals surface area contributed by atoms with E-state index in [-0.39, 0.29) is 22.7 Å². The number of hydrogen-bond donors (Lipinski definition) is 2. The number of halogens is 2. The lowest BCUT2D eigenvalue weighted by Crippen LogP contribution is -2.36. The Bertz CT molecular complexity index is 419. The average molecular weight is 305 g/mol. The lowest BCUT2D eigenvalue weighted by atomic mass is 10.4. The Balaban J connectivity index is 0.00000225. The van der Waals surface area contributed by atoms with Crippen molar-refractivity contribution in [1.29, 1.82) is 0 Å². The third-order valence-corrected chi connectivity index (χ3v) is 5.03. The van der Waals surface area contributed by atoms with E-state index < -0.39 is 10.0 Å². The zero-order chi connectivity index (χ0) is 11.5. The summed E-state index contributed by atoms with van der Waals surface area (Å²) in [6, 6.07) is 3.16. The molecular weight excluding hydrogens is 291 g/mol. The van der Waals surface area contributed by atoms with Gasteiger partial charge in [0.15, 0.2) is 0 Å². The highest BCUT2D eigenvalue weighted by Crippen LogP contribution is 2.25. The molecule has 1 aromatic heterocycles. The van der Waals surface area contributed by atoms with Crippen LogP contribution in [-0.2, 0) is 10.0 Å². The van der Waals surface area contributed by atoms with Gasteiger partial charge in [-0.15, -0.1) is 23.7 Å². The molecule has 0 aromatic carbocycles. The summed E-state index contributed by atoms with van der Waals surface area (Å²) < 4.78 is 26.6. The van der Waals surface area contributed by atoms with Crippen LogP contribution >= 0.6 is 35.3 Å². The van der Waals surface area contributed by atoms with Gasteiger partial charge < -0.3 is 5.32 Å². The molecule has 0 spiro atoms. The first-order valence-electron chi connectivity index (χ1n) is 4.38. The second-order valence-corrected chi connectivity index (χ2v) is 6.81. The van der Waals surface area contributed by atoms with Crippen molar-refractivity contribution >= 4 is 45.4 Å². The number of likely N-dealkylation sites (N-methyl/N-ethyl adjacent to an activating group) is 1. The Kier molecular flexibility index (Phi) is 6.84. The molecule has 4 nitrogen and oxygen atoms in total. The van der Waals surface area contributed by atoms with Crippen LogP contribution < -0.4 is 10.0 Å². The lowest BCUT2D eigenvalue weighted by Gasteiger charge is -2.10. The molecule has 1 atom stereocenters. The molecule has 0 bridgehead atoms. The summed E-state index contributed by atoms with van der Waals surface area (Å²) in [5.41, 5.74) is 0. The first-order valence-corrected chi connectivity index (χ1v) is 7.05. The third-order valence-electron chi connectivity index (χ3n) is 1.89. The molecule has 1 rings (SSSR count). The largest absolute Gasteiger partial charge is 0.316 e. The van der Waals surface area contributed by atoms with Gasteiger partial charge in [0.1, 0.15) is 4.21 Å². The van der Waals surface area contributed by atoms with Crippen molar-refractivity contribution in [2.24, 2.45) is 0 Å². The number of thiophene rings is 1. The van der Waals surface area contributed by atoms with Crippen LogP contribution in [0.15, 0.2) is 16.3 Å². The number of hydrogen-bond acceptors (Lipinski definition) is 4. The zero-order valence-electron chi connectivity index (χ0n) is 8.86. The topological polar surface area (TPSA) is 58.2 Å². The van der Waals surface area contributed by atoms with Gasteiger partial charge in [-0.25, -0.2) is 13.1 Å². The molecule has 8 heteroatoms. The summed E-state index contributed by atoms with van der Waals surface area (Å²) >= 11 is 6.72. The third kappa shape index (κ3) is 4.57. The minimum Gasteiger partial charge on any atom is -0.316 e. The van der Waals surface area contributed by atoms with Gasteiger partial charge in [0.05, 0.1) is 4.34 Å². The first-order chi connectivity index (χ1) is 6.95. The summed E-state index contributed by atoms with van der Waals surface area (Å²) in [4.78, 5) is 0. The minimum atomic E-state index is -3.40. The van der Waals surface area contributed by atoms with E-state index in [4.69, 9.17) is 11.6 Å². The second kappa shape index (κ2) is 6.78. The molecule has 1 heterocycles. The van der Waals surface area contributed by atoms with Gasteiger partial charge in [-0.3, -0.25) is 0 Å². The van der Waals surface area contributed by atoms with E-state index in [0.29, 0.717) is 10.9 Å². The fourth-order valence-electron chi connectivity index (χ4n) is 0.850. The van der Waals surface area contributed by atoms with Crippen LogP contribution in [0.4, 0.5) is 0 Å². The van der Waals surface area contributed by atoms with Crippen molar-refractivity contribution in [3.8, 4) is 0 Å². The maximum Gasteiger partial charge on any atom is 0.250 e. The van der Waals surface area contributed by atoms with Crippen molar-refractivity contribution in [3.05, 3.63) is 16.5 Å². The molecule has 0 aliphatic carbocycles. The molecule has 0 aliphatic heterocycles. The van der Waals surface area contributed by atoms with E-state index >= 15 is 0 Å². The smallest absolute Gasteiger partial charge is 0.250 e. The highest BCUT2D eigenvalue weighted by atomic mass is 35.5. The molecule has 0 amide bonds.